The number of carboxylic acid groups (broad SMARTS) is 1. The van der Waals surface area contributed by atoms with E-state index in [1.165, 1.54) is 64.2 Å². The lowest BCUT2D eigenvalue weighted by Gasteiger charge is -2.20. The van der Waals surface area contributed by atoms with Crippen LogP contribution in [0.5, 0.6) is 0 Å². The van der Waals surface area contributed by atoms with Gasteiger partial charge in [0.2, 0.25) is 0 Å². The van der Waals surface area contributed by atoms with Crippen LogP contribution in [-0.2, 0) is 42.2 Å². The molecular formula is C40H70NO11P. The maximum Gasteiger partial charge on any atom is 0.472 e. The van der Waals surface area contributed by atoms with E-state index in [1.807, 2.05) is 6.08 Å². The largest absolute Gasteiger partial charge is 0.480 e. The first kappa shape index (κ1) is 48.7. The first-order valence-corrected chi connectivity index (χ1v) is 21.6. The molecule has 0 bridgehead atoms. The Labute approximate surface area is 318 Å². The van der Waals surface area contributed by atoms with Crippen molar-refractivity contribution < 1.29 is 52.2 Å². The van der Waals surface area contributed by atoms with Gasteiger partial charge in [-0.05, 0) is 51.4 Å². The quantitative estimate of drug-likeness (QED) is 0.0181. The monoisotopic (exact) mass is 771 g/mol. The average molecular weight is 772 g/mol. The molecule has 306 valence electrons. The van der Waals surface area contributed by atoms with E-state index in [-0.39, 0.29) is 31.7 Å². The number of ether oxygens (including phenoxy) is 3. The molecule has 0 radical (unpaired) electrons. The molecule has 0 aliphatic carbocycles. The Hall–Kier alpha value is -2.34. The highest BCUT2D eigenvalue weighted by atomic mass is 31.2. The van der Waals surface area contributed by atoms with Gasteiger partial charge in [-0.3, -0.25) is 23.4 Å². The zero-order valence-electron chi connectivity index (χ0n) is 32.5. The van der Waals surface area contributed by atoms with Crippen molar-refractivity contribution >= 4 is 25.7 Å². The topological polar surface area (TPSA) is 184 Å². The number of hydrogen-bond acceptors (Lipinski definition) is 10. The normalized spacial score (nSPS) is 18.0. The molecule has 0 saturated carbocycles. The van der Waals surface area contributed by atoms with E-state index in [2.05, 4.69) is 48.8 Å². The van der Waals surface area contributed by atoms with Gasteiger partial charge >= 0.3 is 25.7 Å². The summed E-state index contributed by atoms with van der Waals surface area (Å²) in [5, 5.41) is 8.87. The van der Waals surface area contributed by atoms with Crippen LogP contribution in [0.2, 0.25) is 0 Å². The van der Waals surface area contributed by atoms with E-state index in [0.717, 1.165) is 44.9 Å². The lowest BCUT2D eigenvalue weighted by Crippen LogP contribution is -2.34. The summed E-state index contributed by atoms with van der Waals surface area (Å²) in [7, 11) is -4.73. The molecule has 1 rings (SSSR count). The average Bonchev–Trinajstić information content (AvgIpc) is 3.89. The first-order chi connectivity index (χ1) is 25.6. The van der Waals surface area contributed by atoms with Gasteiger partial charge in [0.25, 0.3) is 0 Å². The summed E-state index contributed by atoms with van der Waals surface area (Å²) in [4.78, 5) is 45.8. The van der Waals surface area contributed by atoms with Crippen molar-refractivity contribution in [1.29, 1.82) is 0 Å². The predicted molar refractivity (Wildman–Crippen MR) is 207 cm³/mol. The third-order valence-corrected chi connectivity index (χ3v) is 9.74. The minimum absolute atomic E-state index is 0.139. The summed E-state index contributed by atoms with van der Waals surface area (Å²) in [6.07, 6.45) is 33.9. The summed E-state index contributed by atoms with van der Waals surface area (Å²) in [6.45, 7) is 2.68. The number of hydrogen-bond donors (Lipinski definition) is 3. The molecule has 12 nitrogen and oxygen atoms in total. The summed E-state index contributed by atoms with van der Waals surface area (Å²) in [5.74, 6) is -2.46. The molecular weight excluding hydrogens is 701 g/mol. The summed E-state index contributed by atoms with van der Waals surface area (Å²) in [5.41, 5.74) is 5.32. The molecule has 1 fully saturated rings. The zero-order valence-corrected chi connectivity index (χ0v) is 33.4. The summed E-state index contributed by atoms with van der Waals surface area (Å²) >= 11 is 0. The standard InChI is InChI=1S/C40H70NO11P/c1-3-5-7-9-11-13-14-16-18-20-26-30-39(43)51-34(32-49-53(46,47)50-33-35(41)40(44)45)31-48-38(42)29-25-22-21-24-28-37-36(52-37)27-23-19-17-15-12-10-8-6-4-2/h12,15,19,21,23-24,34-37H,3-11,13-14,16-18,20,22,25-33,41H2,1-2H3,(H,44,45)(H,46,47)/b15-12-,23-19-,24-21-/t34-,35+,36?,37?/m1/s1. The van der Waals surface area contributed by atoms with Crippen LogP contribution >= 0.6 is 7.82 Å². The number of phosphoric ester groups is 1. The van der Waals surface area contributed by atoms with E-state index in [4.69, 9.17) is 29.6 Å². The fourth-order valence-electron chi connectivity index (χ4n) is 5.45. The van der Waals surface area contributed by atoms with E-state index >= 15 is 0 Å². The second kappa shape index (κ2) is 32.0. The smallest absolute Gasteiger partial charge is 0.472 e. The van der Waals surface area contributed by atoms with Crippen LogP contribution in [0.15, 0.2) is 36.5 Å². The summed E-state index contributed by atoms with van der Waals surface area (Å²) < 4.78 is 38.3. The SMILES string of the molecule is CCCCC/C=C\C/C=C\CC1OC1C/C=C\CCCC(=O)OC[C@H](COP(=O)(O)OC[C@H](N)C(=O)O)OC(=O)CCCCCCCCCCCCC. The lowest BCUT2D eigenvalue weighted by atomic mass is 10.1. The Morgan fingerprint density at radius 1 is 0.679 bits per heavy atom. The van der Waals surface area contributed by atoms with Gasteiger partial charge < -0.3 is 29.9 Å². The molecule has 5 atom stereocenters. The Bertz CT molecular complexity index is 1110. The highest BCUT2D eigenvalue weighted by molar-refractivity contribution is 7.47. The lowest BCUT2D eigenvalue weighted by molar-refractivity contribution is -0.161. The van der Waals surface area contributed by atoms with Crippen molar-refractivity contribution in [2.45, 2.75) is 179 Å². The number of carbonyl (C=O) groups excluding carboxylic acids is 2. The van der Waals surface area contributed by atoms with E-state index < -0.39 is 51.1 Å². The number of carbonyl (C=O) groups is 3. The minimum atomic E-state index is -4.73. The number of rotatable bonds is 36. The maximum absolute atomic E-state index is 12.6. The fourth-order valence-corrected chi connectivity index (χ4v) is 6.23. The highest BCUT2D eigenvalue weighted by Crippen LogP contribution is 2.43. The molecule has 3 unspecified atom stereocenters. The van der Waals surface area contributed by atoms with Crippen molar-refractivity contribution in [2.75, 3.05) is 19.8 Å². The Balaban J connectivity index is 2.35. The Kier molecular flexibility index (Phi) is 29.4. The van der Waals surface area contributed by atoms with Crippen LogP contribution in [-0.4, -0.2) is 72.1 Å². The van der Waals surface area contributed by atoms with Gasteiger partial charge in [-0.2, -0.15) is 0 Å². The zero-order chi connectivity index (χ0) is 39.0. The number of nitrogens with two attached hydrogens (primary N) is 1. The second-order valence-electron chi connectivity index (χ2n) is 13.8. The van der Waals surface area contributed by atoms with Crippen LogP contribution in [0, 0.1) is 0 Å². The molecule has 13 heteroatoms. The third-order valence-electron chi connectivity index (χ3n) is 8.79. The van der Waals surface area contributed by atoms with Gasteiger partial charge in [0.15, 0.2) is 6.10 Å². The van der Waals surface area contributed by atoms with Gasteiger partial charge in [0, 0.05) is 12.8 Å². The number of unbranched alkanes of at least 4 members (excludes halogenated alkanes) is 14. The van der Waals surface area contributed by atoms with Crippen molar-refractivity contribution in [2.24, 2.45) is 5.73 Å². The van der Waals surface area contributed by atoms with Gasteiger partial charge in [0.05, 0.1) is 25.4 Å². The van der Waals surface area contributed by atoms with Crippen LogP contribution in [0.1, 0.15) is 155 Å². The number of carboxylic acids is 1. The molecule has 0 aromatic carbocycles. The Morgan fingerprint density at radius 2 is 1.19 bits per heavy atom. The van der Waals surface area contributed by atoms with Gasteiger partial charge in [-0.1, -0.05) is 127 Å². The Morgan fingerprint density at radius 3 is 1.83 bits per heavy atom. The molecule has 4 N–H and O–H groups in total. The molecule has 0 aromatic rings. The first-order valence-electron chi connectivity index (χ1n) is 20.1. The van der Waals surface area contributed by atoms with E-state index in [1.54, 1.807) is 0 Å². The van der Waals surface area contributed by atoms with Crippen molar-refractivity contribution in [3.05, 3.63) is 36.5 Å². The molecule has 53 heavy (non-hydrogen) atoms. The molecule has 1 heterocycles. The van der Waals surface area contributed by atoms with Crippen LogP contribution in [0.3, 0.4) is 0 Å². The number of esters is 2. The van der Waals surface area contributed by atoms with Crippen LogP contribution < -0.4 is 5.73 Å². The van der Waals surface area contributed by atoms with Gasteiger partial charge in [-0.15, -0.1) is 0 Å². The molecule has 0 amide bonds. The maximum atomic E-state index is 12.6. The molecule has 0 aromatic heterocycles. The van der Waals surface area contributed by atoms with E-state index in [9.17, 15) is 23.8 Å². The van der Waals surface area contributed by atoms with Gasteiger partial charge in [0.1, 0.15) is 12.6 Å². The van der Waals surface area contributed by atoms with Crippen LogP contribution in [0.4, 0.5) is 0 Å². The van der Waals surface area contributed by atoms with Crippen molar-refractivity contribution in [3.63, 3.8) is 0 Å². The fraction of sp³-hybridized carbons (Fsp3) is 0.775. The molecule has 1 aliphatic heterocycles. The molecule has 0 spiro atoms. The number of epoxide rings is 1. The second-order valence-corrected chi connectivity index (χ2v) is 15.3. The number of allylic oxidation sites excluding steroid dienone is 4. The number of phosphoric acid groups is 1. The molecule has 1 saturated heterocycles. The third kappa shape index (κ3) is 29.7. The minimum Gasteiger partial charge on any atom is -0.480 e. The molecule has 1 aliphatic rings. The van der Waals surface area contributed by atoms with Gasteiger partial charge in [-0.25, -0.2) is 4.57 Å². The van der Waals surface area contributed by atoms with Crippen molar-refractivity contribution in [1.82, 2.24) is 0 Å². The number of aliphatic carboxylic acids is 1. The predicted octanol–water partition coefficient (Wildman–Crippen LogP) is 9.04. The summed E-state index contributed by atoms with van der Waals surface area (Å²) in [6, 6.07) is -1.53. The van der Waals surface area contributed by atoms with Crippen LogP contribution in [0.25, 0.3) is 0 Å². The van der Waals surface area contributed by atoms with Crippen molar-refractivity contribution in [3.8, 4) is 0 Å². The van der Waals surface area contributed by atoms with E-state index in [0.29, 0.717) is 19.3 Å². The highest BCUT2D eigenvalue weighted by Gasteiger charge is 2.36.